The molecule has 0 amide bonds. The maximum absolute atomic E-state index is 14.3. The van der Waals surface area contributed by atoms with E-state index < -0.39 is 18.4 Å². The van der Waals surface area contributed by atoms with Gasteiger partial charge in [-0.2, -0.15) is 0 Å². The van der Waals surface area contributed by atoms with E-state index in [4.69, 9.17) is 4.74 Å². The van der Waals surface area contributed by atoms with E-state index in [9.17, 15) is 8.78 Å². The SMILES string of the molecule is C=CCOC1CC[C@@H](C2CCC(C)CC2)C(F)C1F. The molecular formula is C16H26F2O. The van der Waals surface area contributed by atoms with Crippen molar-refractivity contribution in [2.45, 2.75) is 63.9 Å². The smallest absolute Gasteiger partial charge is 0.157 e. The molecule has 0 saturated heterocycles. The highest BCUT2D eigenvalue weighted by Gasteiger charge is 2.44. The van der Waals surface area contributed by atoms with Crippen molar-refractivity contribution in [2.75, 3.05) is 6.61 Å². The molecule has 0 radical (unpaired) electrons. The second-order valence-corrected chi connectivity index (χ2v) is 6.31. The first-order chi connectivity index (χ1) is 9.13. The van der Waals surface area contributed by atoms with Gasteiger partial charge < -0.3 is 4.74 Å². The Hall–Kier alpha value is -0.440. The Kier molecular flexibility index (Phi) is 5.37. The fraction of sp³-hybridized carbons (Fsp3) is 0.875. The van der Waals surface area contributed by atoms with Gasteiger partial charge in [0.25, 0.3) is 0 Å². The van der Waals surface area contributed by atoms with E-state index in [0.29, 0.717) is 18.9 Å². The Morgan fingerprint density at radius 1 is 1.05 bits per heavy atom. The van der Waals surface area contributed by atoms with Crippen LogP contribution in [0.1, 0.15) is 45.4 Å². The van der Waals surface area contributed by atoms with Crippen LogP contribution >= 0.6 is 0 Å². The van der Waals surface area contributed by atoms with E-state index in [0.717, 1.165) is 25.2 Å². The summed E-state index contributed by atoms with van der Waals surface area (Å²) in [6.07, 6.45) is 4.09. The van der Waals surface area contributed by atoms with Crippen LogP contribution in [0.5, 0.6) is 0 Å². The van der Waals surface area contributed by atoms with Crippen molar-refractivity contribution < 1.29 is 13.5 Å². The van der Waals surface area contributed by atoms with Gasteiger partial charge in [0.15, 0.2) is 6.17 Å². The standard InChI is InChI=1S/C16H26F2O/c1-3-10-19-14-9-8-13(15(17)16(14)18)12-6-4-11(2)5-7-12/h3,11-16H,1,4-10H2,2H3/t11?,12?,13-,14?,15?,16?/m0/s1. The van der Waals surface area contributed by atoms with Crippen molar-refractivity contribution in [1.29, 1.82) is 0 Å². The number of alkyl halides is 2. The van der Waals surface area contributed by atoms with Crippen LogP contribution in [0.4, 0.5) is 8.78 Å². The summed E-state index contributed by atoms with van der Waals surface area (Å²) < 4.78 is 33.8. The zero-order chi connectivity index (χ0) is 13.8. The lowest BCUT2D eigenvalue weighted by atomic mass is 9.69. The van der Waals surface area contributed by atoms with Crippen molar-refractivity contribution in [3.63, 3.8) is 0 Å². The lowest BCUT2D eigenvalue weighted by molar-refractivity contribution is -0.0806. The Morgan fingerprint density at radius 3 is 2.37 bits per heavy atom. The molecule has 2 saturated carbocycles. The molecule has 0 aliphatic heterocycles. The molecule has 2 aliphatic carbocycles. The van der Waals surface area contributed by atoms with E-state index in [1.165, 1.54) is 12.8 Å². The average Bonchev–Trinajstić information content (AvgIpc) is 2.42. The Balaban J connectivity index is 1.89. The quantitative estimate of drug-likeness (QED) is 0.686. The van der Waals surface area contributed by atoms with Crippen molar-refractivity contribution in [3.8, 4) is 0 Å². The summed E-state index contributed by atoms with van der Waals surface area (Å²) in [6, 6.07) is 0. The molecule has 0 N–H and O–H groups in total. The van der Waals surface area contributed by atoms with Crippen molar-refractivity contribution in [3.05, 3.63) is 12.7 Å². The summed E-state index contributed by atoms with van der Waals surface area (Å²) in [7, 11) is 0. The van der Waals surface area contributed by atoms with E-state index in [2.05, 4.69) is 13.5 Å². The Labute approximate surface area is 115 Å². The number of rotatable bonds is 4. The molecule has 0 bridgehead atoms. The van der Waals surface area contributed by atoms with Crippen LogP contribution < -0.4 is 0 Å². The predicted octanol–water partition coefficient (Wildman–Crippen LogP) is 4.47. The summed E-state index contributed by atoms with van der Waals surface area (Å²) in [5, 5.41) is 0. The molecule has 2 fully saturated rings. The van der Waals surface area contributed by atoms with Gasteiger partial charge in [-0.1, -0.05) is 25.8 Å². The van der Waals surface area contributed by atoms with Gasteiger partial charge in [0.2, 0.25) is 0 Å². The highest BCUT2D eigenvalue weighted by molar-refractivity contribution is 4.93. The highest BCUT2D eigenvalue weighted by atomic mass is 19.2. The molecule has 2 aliphatic rings. The van der Waals surface area contributed by atoms with E-state index in [-0.39, 0.29) is 5.92 Å². The molecule has 110 valence electrons. The molecule has 3 unspecified atom stereocenters. The lowest BCUT2D eigenvalue weighted by Gasteiger charge is -2.40. The van der Waals surface area contributed by atoms with Crippen LogP contribution in [0.3, 0.4) is 0 Å². The number of hydrogen-bond acceptors (Lipinski definition) is 1. The molecule has 1 nitrogen and oxygen atoms in total. The van der Waals surface area contributed by atoms with Crippen LogP contribution in [0.15, 0.2) is 12.7 Å². The third kappa shape index (κ3) is 3.56. The fourth-order valence-corrected chi connectivity index (χ4v) is 3.69. The van der Waals surface area contributed by atoms with Crippen LogP contribution in [-0.2, 0) is 4.74 Å². The molecular weight excluding hydrogens is 246 g/mol. The van der Waals surface area contributed by atoms with E-state index in [1.807, 2.05) is 0 Å². The minimum absolute atomic E-state index is 0.0916. The van der Waals surface area contributed by atoms with Crippen LogP contribution in [0.25, 0.3) is 0 Å². The van der Waals surface area contributed by atoms with Crippen LogP contribution in [0.2, 0.25) is 0 Å². The third-order valence-electron chi connectivity index (χ3n) is 4.95. The molecule has 19 heavy (non-hydrogen) atoms. The molecule has 3 heteroatoms. The summed E-state index contributed by atoms with van der Waals surface area (Å²) in [5.41, 5.74) is 0. The zero-order valence-corrected chi connectivity index (χ0v) is 11.9. The van der Waals surface area contributed by atoms with E-state index in [1.54, 1.807) is 6.08 Å². The molecule has 0 aromatic carbocycles. The van der Waals surface area contributed by atoms with Crippen molar-refractivity contribution in [1.82, 2.24) is 0 Å². The topological polar surface area (TPSA) is 9.23 Å². The van der Waals surface area contributed by atoms with Gasteiger partial charge in [0.1, 0.15) is 6.17 Å². The summed E-state index contributed by atoms with van der Waals surface area (Å²) in [5.74, 6) is 1.04. The number of hydrogen-bond donors (Lipinski definition) is 0. The monoisotopic (exact) mass is 272 g/mol. The number of ether oxygens (including phenoxy) is 1. The zero-order valence-electron chi connectivity index (χ0n) is 11.9. The van der Waals surface area contributed by atoms with Crippen molar-refractivity contribution >= 4 is 0 Å². The predicted molar refractivity (Wildman–Crippen MR) is 73.6 cm³/mol. The van der Waals surface area contributed by atoms with Gasteiger partial charge >= 0.3 is 0 Å². The fourth-order valence-electron chi connectivity index (χ4n) is 3.69. The Morgan fingerprint density at radius 2 is 1.74 bits per heavy atom. The summed E-state index contributed by atoms with van der Waals surface area (Å²) in [6.45, 7) is 6.10. The lowest BCUT2D eigenvalue weighted by Crippen LogP contribution is -2.45. The minimum Gasteiger partial charge on any atom is -0.371 e. The van der Waals surface area contributed by atoms with Crippen LogP contribution in [0, 0.1) is 17.8 Å². The first-order valence-electron chi connectivity index (χ1n) is 7.64. The Bertz CT molecular complexity index is 286. The maximum atomic E-state index is 14.3. The first kappa shape index (κ1) is 15.0. The van der Waals surface area contributed by atoms with Gasteiger partial charge in [0, 0.05) is 0 Å². The highest BCUT2D eigenvalue weighted by Crippen LogP contribution is 2.42. The maximum Gasteiger partial charge on any atom is 0.157 e. The van der Waals surface area contributed by atoms with Gasteiger partial charge in [-0.3, -0.25) is 0 Å². The molecule has 0 aromatic heterocycles. The molecule has 4 atom stereocenters. The van der Waals surface area contributed by atoms with E-state index >= 15 is 0 Å². The minimum atomic E-state index is -1.46. The number of halogens is 2. The van der Waals surface area contributed by atoms with Gasteiger partial charge in [-0.25, -0.2) is 8.78 Å². The second kappa shape index (κ2) is 6.83. The van der Waals surface area contributed by atoms with Gasteiger partial charge in [-0.15, -0.1) is 6.58 Å². The second-order valence-electron chi connectivity index (χ2n) is 6.31. The van der Waals surface area contributed by atoms with Gasteiger partial charge in [-0.05, 0) is 43.4 Å². The normalized spacial score (nSPS) is 43.9. The van der Waals surface area contributed by atoms with Gasteiger partial charge in [0.05, 0.1) is 12.7 Å². The largest absolute Gasteiger partial charge is 0.371 e. The first-order valence-corrected chi connectivity index (χ1v) is 7.64. The molecule has 2 rings (SSSR count). The third-order valence-corrected chi connectivity index (χ3v) is 4.95. The van der Waals surface area contributed by atoms with Crippen molar-refractivity contribution in [2.24, 2.45) is 17.8 Å². The average molecular weight is 272 g/mol. The molecule has 0 heterocycles. The molecule has 0 spiro atoms. The summed E-state index contributed by atoms with van der Waals surface area (Å²) >= 11 is 0. The molecule has 0 aromatic rings. The van der Waals surface area contributed by atoms with Crippen LogP contribution in [-0.4, -0.2) is 25.1 Å². The summed E-state index contributed by atoms with van der Waals surface area (Å²) in [4.78, 5) is 0.